The molecule has 2 heterocycles. The van der Waals surface area contributed by atoms with Gasteiger partial charge in [0.2, 0.25) is 0 Å². The molecule has 3 rings (SSSR count). The van der Waals surface area contributed by atoms with Gasteiger partial charge in [-0.1, -0.05) is 30.3 Å². The van der Waals surface area contributed by atoms with Gasteiger partial charge in [-0.3, -0.25) is 19.4 Å². The third kappa shape index (κ3) is 1.46. The third-order valence-electron chi connectivity index (χ3n) is 2.78. The summed E-state index contributed by atoms with van der Waals surface area (Å²) in [5.41, 5.74) is 0.852. The second kappa shape index (κ2) is 3.69. The Morgan fingerprint density at radius 3 is 2.56 bits per heavy atom. The van der Waals surface area contributed by atoms with Crippen molar-refractivity contribution in [3.63, 3.8) is 0 Å². The highest BCUT2D eigenvalue weighted by Gasteiger charge is 2.14. The number of aromatic nitrogens is 4. The first kappa shape index (κ1) is 10.5. The zero-order chi connectivity index (χ0) is 12.7. The van der Waals surface area contributed by atoms with Crippen LogP contribution in [0, 0.1) is 0 Å². The molecule has 0 saturated carbocycles. The lowest BCUT2D eigenvalue weighted by Gasteiger charge is -1.95. The number of benzene rings is 1. The molecule has 0 bridgehead atoms. The highest BCUT2D eigenvalue weighted by atomic mass is 16.2. The molecule has 0 atom stereocenters. The Morgan fingerprint density at radius 1 is 1.11 bits per heavy atom. The van der Waals surface area contributed by atoms with Gasteiger partial charge in [0.05, 0.1) is 0 Å². The summed E-state index contributed by atoms with van der Waals surface area (Å²) in [4.78, 5) is 27.9. The molecule has 0 fully saturated rings. The molecular formula is C12H10N4O2. The summed E-state index contributed by atoms with van der Waals surface area (Å²) in [7, 11) is 1.68. The van der Waals surface area contributed by atoms with Gasteiger partial charge in [-0.15, -0.1) is 0 Å². The van der Waals surface area contributed by atoms with Crippen LogP contribution in [0.25, 0.3) is 22.3 Å². The van der Waals surface area contributed by atoms with Crippen LogP contribution in [0.1, 0.15) is 0 Å². The maximum absolute atomic E-state index is 11.9. The van der Waals surface area contributed by atoms with E-state index in [0.29, 0.717) is 16.7 Å². The van der Waals surface area contributed by atoms with Gasteiger partial charge in [0.15, 0.2) is 0 Å². The lowest BCUT2D eigenvalue weighted by atomic mass is 10.1. The van der Waals surface area contributed by atoms with Gasteiger partial charge in [-0.25, -0.2) is 4.79 Å². The molecule has 2 N–H and O–H groups in total. The van der Waals surface area contributed by atoms with Crippen LogP contribution >= 0.6 is 0 Å². The van der Waals surface area contributed by atoms with Crippen molar-refractivity contribution in [1.29, 1.82) is 0 Å². The Kier molecular flexibility index (Phi) is 2.16. The molecule has 0 radical (unpaired) electrons. The number of hydrogen-bond acceptors (Lipinski definition) is 3. The maximum Gasteiger partial charge on any atom is 0.327 e. The van der Waals surface area contributed by atoms with Crippen molar-refractivity contribution in [1.82, 2.24) is 19.7 Å². The largest absolute Gasteiger partial charge is 0.327 e. The average molecular weight is 242 g/mol. The number of hydrogen-bond donors (Lipinski definition) is 2. The van der Waals surface area contributed by atoms with Crippen molar-refractivity contribution >= 4 is 11.0 Å². The number of fused-ring (bicyclic) bond motifs is 1. The van der Waals surface area contributed by atoms with E-state index >= 15 is 0 Å². The molecule has 0 unspecified atom stereocenters. The molecule has 6 heteroatoms. The molecule has 0 aliphatic heterocycles. The fraction of sp³-hybridized carbons (Fsp3) is 0.0833. The fourth-order valence-corrected chi connectivity index (χ4v) is 1.98. The fourth-order valence-electron chi connectivity index (χ4n) is 1.98. The lowest BCUT2D eigenvalue weighted by molar-refractivity contribution is 0.785. The topological polar surface area (TPSA) is 83.5 Å². The second-order valence-electron chi connectivity index (χ2n) is 3.97. The van der Waals surface area contributed by atoms with E-state index in [1.807, 2.05) is 30.3 Å². The number of nitrogens with one attached hydrogen (secondary N) is 2. The summed E-state index contributed by atoms with van der Waals surface area (Å²) in [6, 6.07) is 9.37. The molecule has 0 spiro atoms. The highest BCUT2D eigenvalue weighted by molar-refractivity contribution is 5.90. The molecule has 0 saturated heterocycles. The Hall–Kier alpha value is -2.63. The number of aryl methyl sites for hydroxylation is 1. The molecule has 3 aromatic rings. The molecule has 0 aliphatic rings. The number of aromatic amines is 2. The summed E-state index contributed by atoms with van der Waals surface area (Å²) in [6.07, 6.45) is 0. The minimum absolute atomic E-state index is 0.392. The zero-order valence-corrected chi connectivity index (χ0v) is 9.60. The van der Waals surface area contributed by atoms with Gasteiger partial charge in [-0.05, 0) is 0 Å². The van der Waals surface area contributed by atoms with E-state index < -0.39 is 11.2 Å². The quantitative estimate of drug-likeness (QED) is 0.656. The molecule has 0 amide bonds. The van der Waals surface area contributed by atoms with Crippen LogP contribution in [0.3, 0.4) is 0 Å². The summed E-state index contributed by atoms with van der Waals surface area (Å²) >= 11 is 0. The van der Waals surface area contributed by atoms with Crippen molar-refractivity contribution in [2.45, 2.75) is 0 Å². The van der Waals surface area contributed by atoms with E-state index in [-0.39, 0.29) is 0 Å². The highest BCUT2D eigenvalue weighted by Crippen LogP contribution is 2.22. The third-order valence-corrected chi connectivity index (χ3v) is 2.78. The predicted molar refractivity (Wildman–Crippen MR) is 67.4 cm³/mol. The number of rotatable bonds is 1. The van der Waals surface area contributed by atoms with Crippen LogP contribution in [0.4, 0.5) is 0 Å². The smallest absolute Gasteiger partial charge is 0.292 e. The molecule has 0 aliphatic carbocycles. The van der Waals surface area contributed by atoms with E-state index in [2.05, 4.69) is 15.1 Å². The lowest BCUT2D eigenvalue weighted by Crippen LogP contribution is -2.22. The van der Waals surface area contributed by atoms with Crippen LogP contribution in [-0.2, 0) is 7.05 Å². The Balaban J connectivity index is 2.46. The van der Waals surface area contributed by atoms with Crippen LogP contribution in [0.2, 0.25) is 0 Å². The maximum atomic E-state index is 11.9. The zero-order valence-electron chi connectivity index (χ0n) is 9.60. The Labute approximate surface area is 101 Å². The van der Waals surface area contributed by atoms with E-state index in [9.17, 15) is 9.59 Å². The molecule has 2 aromatic heterocycles. The minimum atomic E-state index is -0.532. The summed E-state index contributed by atoms with van der Waals surface area (Å²) in [5, 5.41) is 4.68. The first-order chi connectivity index (χ1) is 8.66. The van der Waals surface area contributed by atoms with Gasteiger partial charge in [0.25, 0.3) is 5.56 Å². The van der Waals surface area contributed by atoms with Crippen LogP contribution in [0.5, 0.6) is 0 Å². The van der Waals surface area contributed by atoms with Crippen LogP contribution in [0.15, 0.2) is 39.9 Å². The normalized spacial score (nSPS) is 10.9. The van der Waals surface area contributed by atoms with E-state index in [4.69, 9.17) is 0 Å². The van der Waals surface area contributed by atoms with Gasteiger partial charge < -0.3 is 0 Å². The molecule has 18 heavy (non-hydrogen) atoms. The van der Waals surface area contributed by atoms with Crippen molar-refractivity contribution in [3.8, 4) is 11.3 Å². The second-order valence-corrected chi connectivity index (χ2v) is 3.97. The van der Waals surface area contributed by atoms with Gasteiger partial charge in [-0.2, -0.15) is 5.10 Å². The van der Waals surface area contributed by atoms with Gasteiger partial charge in [0.1, 0.15) is 16.7 Å². The molecular weight excluding hydrogens is 232 g/mol. The SMILES string of the molecule is Cn1nc(-c2ccccc2)c2c(=O)[nH]c(=O)[nH]c21. The van der Waals surface area contributed by atoms with Crippen LogP contribution in [-0.4, -0.2) is 19.7 Å². The van der Waals surface area contributed by atoms with E-state index in [0.717, 1.165) is 5.56 Å². The monoisotopic (exact) mass is 242 g/mol. The molecule has 6 nitrogen and oxygen atoms in total. The predicted octanol–water partition coefficient (Wildman–Crippen LogP) is 0.617. The standard InChI is InChI=1S/C12H10N4O2/c1-16-10-8(11(17)14-12(18)13-10)9(15-16)7-5-3-2-4-6-7/h2-6H,1H3,(H2,13,14,17,18). The minimum Gasteiger partial charge on any atom is -0.292 e. The summed E-state index contributed by atoms with van der Waals surface area (Å²) < 4.78 is 1.49. The van der Waals surface area contributed by atoms with E-state index in [1.54, 1.807) is 7.05 Å². The van der Waals surface area contributed by atoms with Crippen molar-refractivity contribution < 1.29 is 0 Å². The first-order valence-corrected chi connectivity index (χ1v) is 5.41. The van der Waals surface area contributed by atoms with Gasteiger partial charge in [0, 0.05) is 12.6 Å². The first-order valence-electron chi connectivity index (χ1n) is 5.41. The summed E-state index contributed by atoms with van der Waals surface area (Å²) in [5.74, 6) is 0. The van der Waals surface area contributed by atoms with Gasteiger partial charge >= 0.3 is 5.69 Å². The number of H-pyrrole nitrogens is 2. The van der Waals surface area contributed by atoms with Crippen molar-refractivity contribution in [2.75, 3.05) is 0 Å². The van der Waals surface area contributed by atoms with E-state index in [1.165, 1.54) is 4.68 Å². The average Bonchev–Trinajstić information content (AvgIpc) is 2.68. The van der Waals surface area contributed by atoms with Crippen molar-refractivity contribution in [3.05, 3.63) is 51.2 Å². The molecule has 90 valence electrons. The Morgan fingerprint density at radius 2 is 1.83 bits per heavy atom. The van der Waals surface area contributed by atoms with Crippen LogP contribution < -0.4 is 11.2 Å². The molecule has 1 aromatic carbocycles. The number of nitrogens with zero attached hydrogens (tertiary/aromatic N) is 2. The van der Waals surface area contributed by atoms with Crippen molar-refractivity contribution in [2.24, 2.45) is 7.05 Å². The Bertz CT molecular complexity index is 827. The summed E-state index contributed by atoms with van der Waals surface area (Å²) in [6.45, 7) is 0.